The number of carbonyl (C=O) groups excluding carboxylic acids is 1. The Hall–Kier alpha value is -1.40. The van der Waals surface area contributed by atoms with Crippen LogP contribution in [0.25, 0.3) is 0 Å². The number of nitrogens with one attached hydrogen (secondary N) is 1. The van der Waals surface area contributed by atoms with E-state index in [0.717, 1.165) is 25.3 Å². The Balaban J connectivity index is 1.89. The number of fused-ring (bicyclic) bond motifs is 1. The summed E-state index contributed by atoms with van der Waals surface area (Å²) in [5.41, 5.74) is 1.55. The molecule has 0 saturated heterocycles. The van der Waals surface area contributed by atoms with E-state index in [2.05, 4.69) is 22.4 Å². The van der Waals surface area contributed by atoms with E-state index < -0.39 is 0 Å². The molecular weight excluding hydrogens is 244 g/mol. The molecular formula is C13H22N4O2. The number of aliphatic hydroxyl groups excluding tert-OH is 1. The number of rotatable bonds is 5. The smallest absolute Gasteiger partial charge is 0.271 e. The minimum Gasteiger partial charge on any atom is -0.393 e. The lowest BCUT2D eigenvalue weighted by Crippen LogP contribution is -2.30. The van der Waals surface area contributed by atoms with Crippen LogP contribution in [0.15, 0.2) is 6.07 Å². The van der Waals surface area contributed by atoms with Crippen molar-refractivity contribution < 1.29 is 9.90 Å². The zero-order valence-corrected chi connectivity index (χ0v) is 11.6. The summed E-state index contributed by atoms with van der Waals surface area (Å²) in [6.07, 6.45) is 0.948. The van der Waals surface area contributed by atoms with Crippen molar-refractivity contribution in [1.29, 1.82) is 0 Å². The van der Waals surface area contributed by atoms with Gasteiger partial charge in [-0.05, 0) is 26.0 Å². The Morgan fingerprint density at radius 1 is 1.58 bits per heavy atom. The molecule has 106 valence electrons. The molecule has 6 nitrogen and oxygen atoms in total. The van der Waals surface area contributed by atoms with E-state index >= 15 is 0 Å². The van der Waals surface area contributed by atoms with Crippen molar-refractivity contribution in [3.05, 3.63) is 17.5 Å². The Morgan fingerprint density at radius 2 is 2.37 bits per heavy atom. The number of likely N-dealkylation sites (N-methyl/N-ethyl adjacent to an activating group) is 1. The fraction of sp³-hybridized carbons (Fsp3) is 0.692. The monoisotopic (exact) mass is 266 g/mol. The quantitative estimate of drug-likeness (QED) is 0.800. The first-order valence-electron chi connectivity index (χ1n) is 6.81. The van der Waals surface area contributed by atoms with Gasteiger partial charge in [0.15, 0.2) is 0 Å². The molecule has 19 heavy (non-hydrogen) atoms. The van der Waals surface area contributed by atoms with Crippen LogP contribution in [0.1, 0.15) is 35.9 Å². The van der Waals surface area contributed by atoms with E-state index in [1.54, 1.807) is 0 Å². The van der Waals surface area contributed by atoms with E-state index in [1.165, 1.54) is 0 Å². The molecule has 0 aliphatic carbocycles. The highest BCUT2D eigenvalue weighted by Crippen LogP contribution is 2.12. The predicted octanol–water partition coefficient (Wildman–Crippen LogP) is 0.219. The normalized spacial score (nSPS) is 17.0. The number of aromatic nitrogens is 2. The second kappa shape index (κ2) is 6.16. The molecule has 0 bridgehead atoms. The molecule has 0 spiro atoms. The van der Waals surface area contributed by atoms with E-state index in [0.29, 0.717) is 25.1 Å². The molecule has 1 aromatic heterocycles. The SMILES string of the molecule is CCC(O)CCNC(=O)c1cc2n(n1)CCN(C)C2. The fourth-order valence-electron chi connectivity index (χ4n) is 2.16. The molecule has 1 amide bonds. The van der Waals surface area contributed by atoms with Crippen molar-refractivity contribution >= 4 is 5.91 Å². The third-order valence-corrected chi connectivity index (χ3v) is 3.46. The van der Waals surface area contributed by atoms with Crippen LogP contribution >= 0.6 is 0 Å². The number of aliphatic hydroxyl groups is 1. The molecule has 1 aliphatic rings. The van der Waals surface area contributed by atoms with Gasteiger partial charge in [-0.2, -0.15) is 5.10 Å². The van der Waals surface area contributed by atoms with Gasteiger partial charge in [0.25, 0.3) is 5.91 Å². The molecule has 2 heterocycles. The van der Waals surface area contributed by atoms with Gasteiger partial charge in [0.2, 0.25) is 0 Å². The van der Waals surface area contributed by atoms with Gasteiger partial charge in [0, 0.05) is 19.6 Å². The van der Waals surface area contributed by atoms with Crippen LogP contribution in [0, 0.1) is 0 Å². The minimum atomic E-state index is -0.343. The summed E-state index contributed by atoms with van der Waals surface area (Å²) in [6, 6.07) is 1.85. The standard InChI is InChI=1S/C13H22N4O2/c1-3-11(18)4-5-14-13(19)12-8-10-9-16(2)6-7-17(10)15-12/h8,11,18H,3-7,9H2,1-2H3,(H,14,19). The Morgan fingerprint density at radius 3 is 3.11 bits per heavy atom. The van der Waals surface area contributed by atoms with Crippen molar-refractivity contribution in [1.82, 2.24) is 20.0 Å². The minimum absolute atomic E-state index is 0.159. The zero-order chi connectivity index (χ0) is 13.8. The average Bonchev–Trinajstić information content (AvgIpc) is 2.81. The van der Waals surface area contributed by atoms with Gasteiger partial charge < -0.3 is 10.4 Å². The van der Waals surface area contributed by atoms with Crippen LogP contribution < -0.4 is 5.32 Å². The van der Waals surface area contributed by atoms with Crippen LogP contribution in [0.2, 0.25) is 0 Å². The molecule has 1 unspecified atom stereocenters. The third-order valence-electron chi connectivity index (χ3n) is 3.46. The van der Waals surface area contributed by atoms with E-state index in [1.807, 2.05) is 17.7 Å². The molecule has 0 aromatic carbocycles. The van der Waals surface area contributed by atoms with Crippen molar-refractivity contribution in [3.63, 3.8) is 0 Å². The van der Waals surface area contributed by atoms with Gasteiger partial charge in [-0.1, -0.05) is 6.92 Å². The number of nitrogens with zero attached hydrogens (tertiary/aromatic N) is 3. The summed E-state index contributed by atoms with van der Waals surface area (Å²) in [4.78, 5) is 14.1. The van der Waals surface area contributed by atoms with Crippen LogP contribution in [0.5, 0.6) is 0 Å². The van der Waals surface area contributed by atoms with Crippen molar-refractivity contribution in [2.45, 2.75) is 39.0 Å². The molecule has 1 aromatic rings. The van der Waals surface area contributed by atoms with E-state index in [-0.39, 0.29) is 12.0 Å². The average molecular weight is 266 g/mol. The number of carbonyl (C=O) groups is 1. The Kier molecular flexibility index (Phi) is 4.55. The topological polar surface area (TPSA) is 70.4 Å². The molecule has 0 radical (unpaired) electrons. The molecule has 2 N–H and O–H groups in total. The summed E-state index contributed by atoms with van der Waals surface area (Å²) < 4.78 is 1.90. The predicted molar refractivity (Wildman–Crippen MR) is 71.8 cm³/mol. The Labute approximate surface area is 113 Å². The third kappa shape index (κ3) is 3.54. The van der Waals surface area contributed by atoms with Gasteiger partial charge in [-0.25, -0.2) is 0 Å². The van der Waals surface area contributed by atoms with Gasteiger partial charge >= 0.3 is 0 Å². The summed E-state index contributed by atoms with van der Waals surface area (Å²) in [5.74, 6) is -0.159. The molecule has 0 fully saturated rings. The lowest BCUT2D eigenvalue weighted by molar-refractivity contribution is 0.0936. The first-order chi connectivity index (χ1) is 9.10. The van der Waals surface area contributed by atoms with Crippen molar-refractivity contribution in [2.75, 3.05) is 20.1 Å². The van der Waals surface area contributed by atoms with Crippen LogP contribution in [0.3, 0.4) is 0 Å². The largest absolute Gasteiger partial charge is 0.393 e. The lowest BCUT2D eigenvalue weighted by Gasteiger charge is -2.22. The maximum atomic E-state index is 11.9. The van der Waals surface area contributed by atoms with Crippen molar-refractivity contribution in [3.8, 4) is 0 Å². The summed E-state index contributed by atoms with van der Waals surface area (Å²) in [7, 11) is 2.06. The maximum Gasteiger partial charge on any atom is 0.271 e. The van der Waals surface area contributed by atoms with Crippen LogP contribution in [0.4, 0.5) is 0 Å². The summed E-state index contributed by atoms with van der Waals surface area (Å²) in [5, 5.41) is 16.5. The lowest BCUT2D eigenvalue weighted by atomic mass is 10.2. The van der Waals surface area contributed by atoms with Crippen LogP contribution in [-0.2, 0) is 13.1 Å². The van der Waals surface area contributed by atoms with E-state index in [9.17, 15) is 9.90 Å². The molecule has 1 atom stereocenters. The number of hydrogen-bond donors (Lipinski definition) is 2. The van der Waals surface area contributed by atoms with Gasteiger partial charge in [-0.3, -0.25) is 14.4 Å². The highest BCUT2D eigenvalue weighted by molar-refractivity contribution is 5.92. The molecule has 6 heteroatoms. The zero-order valence-electron chi connectivity index (χ0n) is 11.6. The molecule has 2 rings (SSSR count). The van der Waals surface area contributed by atoms with Gasteiger partial charge in [0.1, 0.15) is 5.69 Å². The molecule has 0 saturated carbocycles. The fourth-order valence-corrected chi connectivity index (χ4v) is 2.16. The van der Waals surface area contributed by atoms with Gasteiger partial charge in [0.05, 0.1) is 18.3 Å². The van der Waals surface area contributed by atoms with E-state index in [4.69, 9.17) is 0 Å². The summed E-state index contributed by atoms with van der Waals surface area (Å²) >= 11 is 0. The summed E-state index contributed by atoms with van der Waals surface area (Å²) in [6.45, 7) is 5.02. The Bertz CT molecular complexity index is 444. The number of amides is 1. The maximum absolute atomic E-state index is 11.9. The highest BCUT2D eigenvalue weighted by atomic mass is 16.3. The van der Waals surface area contributed by atoms with Gasteiger partial charge in [-0.15, -0.1) is 0 Å². The molecule has 1 aliphatic heterocycles. The highest BCUT2D eigenvalue weighted by Gasteiger charge is 2.18. The first kappa shape index (κ1) is 14.0. The second-order valence-corrected chi connectivity index (χ2v) is 5.09. The second-order valence-electron chi connectivity index (χ2n) is 5.09. The number of hydrogen-bond acceptors (Lipinski definition) is 4. The van der Waals surface area contributed by atoms with Crippen molar-refractivity contribution in [2.24, 2.45) is 0 Å². The first-order valence-corrected chi connectivity index (χ1v) is 6.81. The van der Waals surface area contributed by atoms with Crippen LogP contribution in [-0.4, -0.2) is 51.9 Å².